The van der Waals surface area contributed by atoms with Crippen molar-refractivity contribution in [1.82, 2.24) is 20.3 Å². The van der Waals surface area contributed by atoms with E-state index in [0.717, 1.165) is 29.1 Å². The number of aromatic amines is 1. The van der Waals surface area contributed by atoms with Crippen molar-refractivity contribution in [2.75, 3.05) is 6.54 Å². The molecular weight excluding hydrogens is 252 g/mol. The largest absolute Gasteiger partial charge is 0.349 e. The van der Waals surface area contributed by atoms with E-state index in [1.165, 1.54) is 0 Å². The third-order valence-corrected chi connectivity index (χ3v) is 3.28. The van der Waals surface area contributed by atoms with Crippen molar-refractivity contribution < 1.29 is 4.79 Å². The molecule has 0 aliphatic heterocycles. The quantitative estimate of drug-likeness (QED) is 0.715. The zero-order valence-corrected chi connectivity index (χ0v) is 11.3. The Morgan fingerprint density at radius 1 is 1.30 bits per heavy atom. The van der Waals surface area contributed by atoms with Crippen molar-refractivity contribution in [3.63, 3.8) is 0 Å². The van der Waals surface area contributed by atoms with Crippen LogP contribution in [0.1, 0.15) is 30.4 Å². The van der Waals surface area contributed by atoms with Crippen LogP contribution < -0.4 is 5.32 Å². The Labute approximate surface area is 116 Å². The Morgan fingerprint density at radius 2 is 2.15 bits per heavy atom. The van der Waals surface area contributed by atoms with Gasteiger partial charge in [0.05, 0.1) is 0 Å². The van der Waals surface area contributed by atoms with Crippen molar-refractivity contribution in [1.29, 1.82) is 0 Å². The second-order valence-corrected chi connectivity index (χ2v) is 4.74. The van der Waals surface area contributed by atoms with E-state index in [4.69, 9.17) is 0 Å². The summed E-state index contributed by atoms with van der Waals surface area (Å²) in [5, 5.41) is 4.83. The summed E-state index contributed by atoms with van der Waals surface area (Å²) in [5.74, 6) is -0.0147. The van der Waals surface area contributed by atoms with Gasteiger partial charge in [-0.15, -0.1) is 0 Å². The predicted molar refractivity (Wildman–Crippen MR) is 78.6 cm³/mol. The van der Waals surface area contributed by atoms with Crippen LogP contribution in [0.4, 0.5) is 0 Å². The lowest BCUT2D eigenvalue weighted by atomic mass is 10.2. The molecule has 3 aromatic rings. The van der Waals surface area contributed by atoms with Gasteiger partial charge in [-0.25, -0.2) is 9.97 Å². The number of benzene rings is 1. The molecule has 0 aliphatic carbocycles. The predicted octanol–water partition coefficient (Wildman–Crippen LogP) is 2.64. The maximum atomic E-state index is 11.9. The first-order chi connectivity index (χ1) is 9.79. The number of carbonyl (C=O) groups is 1. The highest BCUT2D eigenvalue weighted by molar-refractivity contribution is 6.06. The zero-order valence-electron chi connectivity index (χ0n) is 11.3. The summed E-state index contributed by atoms with van der Waals surface area (Å²) in [4.78, 5) is 23.6. The molecule has 0 saturated heterocycles. The van der Waals surface area contributed by atoms with E-state index < -0.39 is 0 Å². The monoisotopic (exact) mass is 268 g/mol. The summed E-state index contributed by atoms with van der Waals surface area (Å²) >= 11 is 0. The number of unbranched alkanes of at least 4 members (excludes halogenated alkanes) is 1. The van der Waals surface area contributed by atoms with Crippen molar-refractivity contribution in [2.45, 2.75) is 19.8 Å². The number of carbonyl (C=O) groups excluding carboxylic acids is 1. The maximum Gasteiger partial charge on any atom is 0.289 e. The van der Waals surface area contributed by atoms with Crippen LogP contribution in [-0.2, 0) is 0 Å². The fourth-order valence-corrected chi connectivity index (χ4v) is 2.20. The van der Waals surface area contributed by atoms with Crippen molar-refractivity contribution in [2.24, 2.45) is 0 Å². The molecule has 1 amide bonds. The summed E-state index contributed by atoms with van der Waals surface area (Å²) in [6, 6.07) is 7.93. The number of hydrogen-bond donors (Lipinski definition) is 2. The first-order valence-electron chi connectivity index (χ1n) is 6.81. The minimum Gasteiger partial charge on any atom is -0.349 e. The van der Waals surface area contributed by atoms with E-state index in [-0.39, 0.29) is 11.7 Å². The van der Waals surface area contributed by atoms with Gasteiger partial charge in [0.15, 0.2) is 0 Å². The van der Waals surface area contributed by atoms with Crippen LogP contribution in [0, 0.1) is 0 Å². The molecule has 0 fully saturated rings. The fourth-order valence-electron chi connectivity index (χ4n) is 2.20. The van der Waals surface area contributed by atoms with Gasteiger partial charge in [-0.1, -0.05) is 31.5 Å². The van der Waals surface area contributed by atoms with Crippen molar-refractivity contribution in [3.05, 3.63) is 36.3 Å². The van der Waals surface area contributed by atoms with Crippen LogP contribution in [0.25, 0.3) is 21.9 Å². The molecule has 0 radical (unpaired) electrons. The van der Waals surface area contributed by atoms with Crippen LogP contribution >= 0.6 is 0 Å². The lowest BCUT2D eigenvalue weighted by molar-refractivity contribution is 0.0943. The molecule has 2 heterocycles. The Hall–Kier alpha value is -2.43. The summed E-state index contributed by atoms with van der Waals surface area (Å²) < 4.78 is 0. The minimum atomic E-state index is -0.223. The van der Waals surface area contributed by atoms with Gasteiger partial charge in [0.25, 0.3) is 5.91 Å². The molecule has 3 rings (SSSR count). The molecule has 2 N–H and O–H groups in total. The Bertz CT molecular complexity index is 763. The third-order valence-electron chi connectivity index (χ3n) is 3.28. The number of fused-ring (bicyclic) bond motifs is 3. The lowest BCUT2D eigenvalue weighted by Gasteiger charge is -2.02. The van der Waals surface area contributed by atoms with E-state index in [9.17, 15) is 4.79 Å². The van der Waals surface area contributed by atoms with Crippen molar-refractivity contribution in [3.8, 4) is 0 Å². The average molecular weight is 268 g/mol. The number of amides is 1. The van der Waals surface area contributed by atoms with Crippen LogP contribution in [-0.4, -0.2) is 27.4 Å². The Morgan fingerprint density at radius 3 is 3.00 bits per heavy atom. The van der Waals surface area contributed by atoms with E-state index in [2.05, 4.69) is 27.2 Å². The number of rotatable bonds is 4. The molecule has 0 spiro atoms. The van der Waals surface area contributed by atoms with E-state index in [0.29, 0.717) is 12.2 Å². The van der Waals surface area contributed by atoms with Crippen LogP contribution in [0.2, 0.25) is 0 Å². The molecule has 0 aliphatic rings. The highest BCUT2D eigenvalue weighted by Crippen LogP contribution is 2.22. The summed E-state index contributed by atoms with van der Waals surface area (Å²) in [6.45, 7) is 2.74. The van der Waals surface area contributed by atoms with Gasteiger partial charge in [-0.3, -0.25) is 4.79 Å². The van der Waals surface area contributed by atoms with Gasteiger partial charge in [-0.2, -0.15) is 0 Å². The standard InChI is InChI=1S/C15H16N4O/c1-2-3-8-16-15(20)14-17-9-11-10-6-4-5-7-12(10)18-13(11)19-14/h4-7,9H,2-3,8H2,1H3,(H,16,20)(H,17,18,19). The van der Waals surface area contributed by atoms with Gasteiger partial charge in [0, 0.05) is 29.0 Å². The highest BCUT2D eigenvalue weighted by Gasteiger charge is 2.11. The second kappa shape index (κ2) is 5.28. The number of para-hydroxylation sites is 1. The number of nitrogens with one attached hydrogen (secondary N) is 2. The van der Waals surface area contributed by atoms with Gasteiger partial charge < -0.3 is 10.3 Å². The number of aromatic nitrogens is 3. The molecule has 5 heteroatoms. The molecule has 2 aromatic heterocycles. The molecule has 5 nitrogen and oxygen atoms in total. The van der Waals surface area contributed by atoms with E-state index >= 15 is 0 Å². The van der Waals surface area contributed by atoms with Gasteiger partial charge in [0.1, 0.15) is 5.65 Å². The molecule has 102 valence electrons. The first kappa shape index (κ1) is 12.6. The van der Waals surface area contributed by atoms with E-state index in [1.807, 2.05) is 24.3 Å². The molecule has 20 heavy (non-hydrogen) atoms. The smallest absolute Gasteiger partial charge is 0.289 e. The molecular formula is C15H16N4O. The number of nitrogens with zero attached hydrogens (tertiary/aromatic N) is 2. The van der Waals surface area contributed by atoms with Gasteiger partial charge >= 0.3 is 0 Å². The summed E-state index contributed by atoms with van der Waals surface area (Å²) in [6.07, 6.45) is 3.71. The number of H-pyrrole nitrogens is 1. The van der Waals surface area contributed by atoms with Crippen LogP contribution in [0.5, 0.6) is 0 Å². The lowest BCUT2D eigenvalue weighted by Crippen LogP contribution is -2.26. The molecule has 0 atom stereocenters. The fraction of sp³-hybridized carbons (Fsp3) is 0.267. The molecule has 0 saturated carbocycles. The Balaban J connectivity index is 1.94. The first-order valence-corrected chi connectivity index (χ1v) is 6.81. The highest BCUT2D eigenvalue weighted by atomic mass is 16.2. The molecule has 0 unspecified atom stereocenters. The number of hydrogen-bond acceptors (Lipinski definition) is 3. The summed E-state index contributed by atoms with van der Waals surface area (Å²) in [7, 11) is 0. The normalized spacial score (nSPS) is 11.1. The second-order valence-electron chi connectivity index (χ2n) is 4.74. The average Bonchev–Trinajstić information content (AvgIpc) is 2.85. The van der Waals surface area contributed by atoms with Gasteiger partial charge in [0.2, 0.25) is 5.82 Å². The Kier molecular flexibility index (Phi) is 3.33. The molecule has 1 aromatic carbocycles. The van der Waals surface area contributed by atoms with Crippen LogP contribution in [0.15, 0.2) is 30.5 Å². The summed E-state index contributed by atoms with van der Waals surface area (Å²) in [5.41, 5.74) is 1.70. The molecule has 0 bridgehead atoms. The minimum absolute atomic E-state index is 0.208. The van der Waals surface area contributed by atoms with Crippen LogP contribution in [0.3, 0.4) is 0 Å². The SMILES string of the molecule is CCCCNC(=O)c1ncc2c(n1)[nH]c1ccccc12. The topological polar surface area (TPSA) is 70.7 Å². The third kappa shape index (κ3) is 2.22. The van der Waals surface area contributed by atoms with Crippen molar-refractivity contribution >= 4 is 27.8 Å². The maximum absolute atomic E-state index is 11.9. The zero-order chi connectivity index (χ0) is 13.9. The van der Waals surface area contributed by atoms with Gasteiger partial charge in [-0.05, 0) is 12.5 Å². The van der Waals surface area contributed by atoms with E-state index in [1.54, 1.807) is 6.20 Å².